The molecule has 0 bridgehead atoms. The fraction of sp³-hybridized carbons (Fsp3) is 0.444. The van der Waals surface area contributed by atoms with Gasteiger partial charge in [0, 0.05) is 25.7 Å². The average Bonchev–Trinajstić information content (AvgIpc) is 3.05. The van der Waals surface area contributed by atoms with Gasteiger partial charge in [0.15, 0.2) is 0 Å². The number of nitrogens with zero attached hydrogens (tertiary/aromatic N) is 6. The van der Waals surface area contributed by atoms with E-state index in [1.807, 2.05) is 66.6 Å². The molecule has 2 amide bonds. The van der Waals surface area contributed by atoms with Gasteiger partial charge in [-0.1, -0.05) is 12.1 Å². The van der Waals surface area contributed by atoms with E-state index in [0.29, 0.717) is 42.4 Å². The second-order valence-corrected chi connectivity index (χ2v) is 9.78. The first-order chi connectivity index (χ1) is 17.8. The number of rotatable bonds is 8. The first kappa shape index (κ1) is 26.3. The van der Waals surface area contributed by atoms with E-state index in [-0.39, 0.29) is 24.0 Å². The molecule has 0 spiro atoms. The van der Waals surface area contributed by atoms with Gasteiger partial charge in [-0.05, 0) is 65.4 Å². The van der Waals surface area contributed by atoms with E-state index in [4.69, 9.17) is 9.72 Å². The van der Waals surface area contributed by atoms with Crippen LogP contribution in [-0.4, -0.2) is 81.2 Å². The predicted octanol–water partition coefficient (Wildman–Crippen LogP) is 3.54. The number of carbonyl (C=O) groups excluding carboxylic acids is 2. The van der Waals surface area contributed by atoms with Gasteiger partial charge in [0.2, 0.25) is 11.9 Å². The molecule has 1 unspecified atom stereocenters. The van der Waals surface area contributed by atoms with Crippen molar-refractivity contribution in [2.24, 2.45) is 0 Å². The SMILES string of the molecule is CC(C)Oc1cccc2nc(NC(=O)c3ccnnc3)n(C3CCCCN(C(=O)C=CCN(C)C)C3)c12. The summed E-state index contributed by atoms with van der Waals surface area (Å²) in [7, 11) is 3.94. The summed E-state index contributed by atoms with van der Waals surface area (Å²) in [6, 6.07) is 7.24. The molecule has 196 valence electrons. The first-order valence-electron chi connectivity index (χ1n) is 12.7. The van der Waals surface area contributed by atoms with Gasteiger partial charge >= 0.3 is 0 Å². The minimum absolute atomic E-state index is 0.00901. The van der Waals surface area contributed by atoms with Crippen molar-refractivity contribution in [2.45, 2.75) is 45.3 Å². The van der Waals surface area contributed by atoms with Gasteiger partial charge in [-0.3, -0.25) is 14.9 Å². The molecule has 1 saturated heterocycles. The quantitative estimate of drug-likeness (QED) is 0.467. The third-order valence-corrected chi connectivity index (χ3v) is 6.16. The van der Waals surface area contributed by atoms with Crippen molar-refractivity contribution >= 4 is 28.8 Å². The molecule has 3 aromatic rings. The molecule has 4 rings (SSSR count). The smallest absolute Gasteiger partial charge is 0.259 e. The number of aromatic nitrogens is 4. The maximum absolute atomic E-state index is 13.1. The lowest BCUT2D eigenvalue weighted by atomic mass is 10.1. The third kappa shape index (κ3) is 6.51. The lowest BCUT2D eigenvalue weighted by Gasteiger charge is -2.26. The lowest BCUT2D eigenvalue weighted by molar-refractivity contribution is -0.126. The van der Waals surface area contributed by atoms with Gasteiger partial charge in [-0.2, -0.15) is 10.2 Å². The molecule has 37 heavy (non-hydrogen) atoms. The molecule has 1 aromatic carbocycles. The number of likely N-dealkylation sites (N-methyl/N-ethyl adjacent to an activating group) is 1. The van der Waals surface area contributed by atoms with Crippen molar-refractivity contribution in [2.75, 3.05) is 39.0 Å². The molecule has 1 aliphatic rings. The molecule has 1 aliphatic heterocycles. The second kappa shape index (κ2) is 12.0. The number of nitrogens with one attached hydrogen (secondary N) is 1. The van der Waals surface area contributed by atoms with Gasteiger partial charge in [0.05, 0.1) is 35.6 Å². The summed E-state index contributed by atoms with van der Waals surface area (Å²) in [5.41, 5.74) is 1.91. The second-order valence-electron chi connectivity index (χ2n) is 9.78. The summed E-state index contributed by atoms with van der Waals surface area (Å²) >= 11 is 0. The van der Waals surface area contributed by atoms with E-state index >= 15 is 0 Å². The Bertz CT molecular complexity index is 1250. The topological polar surface area (TPSA) is 105 Å². The summed E-state index contributed by atoms with van der Waals surface area (Å²) in [5, 5.41) is 10.5. The number of anilines is 1. The molecule has 10 nitrogen and oxygen atoms in total. The number of likely N-dealkylation sites (tertiary alicyclic amines) is 1. The van der Waals surface area contributed by atoms with E-state index in [9.17, 15) is 9.59 Å². The Morgan fingerprint density at radius 1 is 1.22 bits per heavy atom. The van der Waals surface area contributed by atoms with Crippen LogP contribution >= 0.6 is 0 Å². The largest absolute Gasteiger partial charge is 0.489 e. The number of para-hydroxylation sites is 1. The Hall–Kier alpha value is -3.79. The van der Waals surface area contributed by atoms with Gasteiger partial charge in [0.25, 0.3) is 5.91 Å². The number of amides is 2. The summed E-state index contributed by atoms with van der Waals surface area (Å²) < 4.78 is 8.19. The number of imidazole rings is 1. The van der Waals surface area contributed by atoms with Gasteiger partial charge < -0.3 is 19.1 Å². The van der Waals surface area contributed by atoms with E-state index < -0.39 is 0 Å². The van der Waals surface area contributed by atoms with E-state index in [1.165, 1.54) is 12.4 Å². The molecular weight excluding hydrogens is 470 g/mol. The Morgan fingerprint density at radius 2 is 2.05 bits per heavy atom. The van der Waals surface area contributed by atoms with Gasteiger partial charge in [0.1, 0.15) is 11.3 Å². The van der Waals surface area contributed by atoms with Crippen molar-refractivity contribution in [3.8, 4) is 5.75 Å². The first-order valence-corrected chi connectivity index (χ1v) is 12.7. The maximum Gasteiger partial charge on any atom is 0.259 e. The highest BCUT2D eigenvalue weighted by Crippen LogP contribution is 2.35. The predicted molar refractivity (Wildman–Crippen MR) is 143 cm³/mol. The highest BCUT2D eigenvalue weighted by atomic mass is 16.5. The van der Waals surface area contributed by atoms with Gasteiger partial charge in [-0.25, -0.2) is 4.98 Å². The van der Waals surface area contributed by atoms with Crippen LogP contribution in [-0.2, 0) is 4.79 Å². The minimum atomic E-state index is -0.328. The zero-order valence-corrected chi connectivity index (χ0v) is 21.9. The molecule has 0 radical (unpaired) electrons. The summed E-state index contributed by atoms with van der Waals surface area (Å²) in [6.07, 6.45) is 9.10. The van der Waals surface area contributed by atoms with Crippen LogP contribution in [0.5, 0.6) is 5.75 Å². The van der Waals surface area contributed by atoms with E-state index in [0.717, 1.165) is 24.8 Å². The van der Waals surface area contributed by atoms with Crippen molar-refractivity contribution in [1.29, 1.82) is 0 Å². The highest BCUT2D eigenvalue weighted by Gasteiger charge is 2.28. The average molecular weight is 506 g/mol. The van der Waals surface area contributed by atoms with Crippen molar-refractivity contribution in [1.82, 2.24) is 29.5 Å². The summed E-state index contributed by atoms with van der Waals surface area (Å²) in [4.78, 5) is 34.8. The number of carbonyl (C=O) groups is 2. The van der Waals surface area contributed by atoms with Crippen molar-refractivity contribution in [3.05, 3.63) is 54.4 Å². The van der Waals surface area contributed by atoms with E-state index in [2.05, 4.69) is 15.5 Å². The van der Waals surface area contributed by atoms with E-state index in [1.54, 1.807) is 12.1 Å². The molecule has 0 aliphatic carbocycles. The van der Waals surface area contributed by atoms with Crippen LogP contribution in [0.15, 0.2) is 48.8 Å². The molecular formula is C27H35N7O3. The summed E-state index contributed by atoms with van der Waals surface area (Å²) in [6.45, 7) is 5.85. The fourth-order valence-electron chi connectivity index (χ4n) is 4.51. The van der Waals surface area contributed by atoms with Crippen LogP contribution in [0.2, 0.25) is 0 Å². The van der Waals surface area contributed by atoms with Crippen LogP contribution in [0.1, 0.15) is 49.5 Å². The van der Waals surface area contributed by atoms with Crippen LogP contribution in [0.25, 0.3) is 11.0 Å². The Balaban J connectivity index is 1.73. The highest BCUT2D eigenvalue weighted by molar-refractivity contribution is 6.04. The maximum atomic E-state index is 13.1. The zero-order chi connectivity index (χ0) is 26.4. The lowest BCUT2D eigenvalue weighted by Crippen LogP contribution is -2.35. The van der Waals surface area contributed by atoms with Crippen LogP contribution in [0.4, 0.5) is 5.95 Å². The fourth-order valence-corrected chi connectivity index (χ4v) is 4.51. The van der Waals surface area contributed by atoms with Crippen LogP contribution < -0.4 is 10.1 Å². The van der Waals surface area contributed by atoms with Crippen LogP contribution in [0, 0.1) is 0 Å². The number of ether oxygens (including phenoxy) is 1. The van der Waals surface area contributed by atoms with Crippen molar-refractivity contribution in [3.63, 3.8) is 0 Å². The number of benzene rings is 1. The molecule has 1 N–H and O–H groups in total. The normalized spacial score (nSPS) is 16.5. The van der Waals surface area contributed by atoms with Crippen molar-refractivity contribution < 1.29 is 14.3 Å². The molecule has 10 heteroatoms. The Morgan fingerprint density at radius 3 is 2.78 bits per heavy atom. The molecule has 3 heterocycles. The number of fused-ring (bicyclic) bond motifs is 1. The Kier molecular flexibility index (Phi) is 8.50. The minimum Gasteiger partial charge on any atom is -0.489 e. The number of hydrogen-bond donors (Lipinski definition) is 1. The molecule has 1 atom stereocenters. The van der Waals surface area contributed by atoms with Gasteiger partial charge in [-0.15, -0.1) is 0 Å². The monoisotopic (exact) mass is 505 g/mol. The van der Waals surface area contributed by atoms with Crippen LogP contribution in [0.3, 0.4) is 0 Å². The summed E-state index contributed by atoms with van der Waals surface area (Å²) in [5.74, 6) is 0.773. The molecule has 0 saturated carbocycles. The molecule has 1 fully saturated rings. The Labute approximate surface area is 217 Å². The third-order valence-electron chi connectivity index (χ3n) is 6.16. The number of hydrogen-bond acceptors (Lipinski definition) is 7. The zero-order valence-electron chi connectivity index (χ0n) is 21.9. The standard InChI is InChI=1S/C27H35N7O3/c1-19(2)37-23-11-7-10-22-25(23)34(27(30-22)31-26(36)20-13-14-28-29-17-20)21-9-5-6-16-33(18-21)24(35)12-8-15-32(3)4/h7-8,10-14,17,19,21H,5-6,9,15-16,18H2,1-4H3,(H,30,31,36). The molecule has 2 aromatic heterocycles.